The van der Waals surface area contributed by atoms with Gasteiger partial charge in [-0.25, -0.2) is 14.6 Å². The second-order valence-electron chi connectivity index (χ2n) is 5.50. The fraction of sp³-hybridized carbons (Fsp3) is 0.500. The highest BCUT2D eigenvalue weighted by atomic mass is 16.5. The average molecular weight is 367 g/mol. The molecule has 142 valence electrons. The van der Waals surface area contributed by atoms with Gasteiger partial charge in [0.25, 0.3) is 0 Å². The molecule has 2 heterocycles. The van der Waals surface area contributed by atoms with Crippen molar-refractivity contribution in [2.75, 3.05) is 6.61 Å². The topological polar surface area (TPSA) is 192 Å². The van der Waals surface area contributed by atoms with Crippen LogP contribution in [0.3, 0.4) is 0 Å². The summed E-state index contributed by atoms with van der Waals surface area (Å²) in [5.41, 5.74) is 6.95. The number of urea groups is 1. The van der Waals surface area contributed by atoms with Crippen molar-refractivity contribution in [2.45, 2.75) is 37.9 Å². The minimum absolute atomic E-state index is 0.0857. The van der Waals surface area contributed by atoms with Crippen molar-refractivity contribution in [2.24, 2.45) is 5.73 Å². The number of H-pyrrole nitrogens is 1. The number of carboxylic acid groups (broad SMARTS) is 1. The molecule has 2 aromatic heterocycles. The van der Waals surface area contributed by atoms with E-state index < -0.39 is 24.1 Å². The minimum atomic E-state index is -1.24. The maximum absolute atomic E-state index is 11.7. The van der Waals surface area contributed by atoms with Gasteiger partial charge in [0.05, 0.1) is 18.9 Å². The monoisotopic (exact) mass is 367 g/mol. The summed E-state index contributed by atoms with van der Waals surface area (Å²) in [5, 5.41) is 26.1. The molecule has 0 saturated heterocycles. The molecule has 0 radical (unpaired) electrons. The number of aromatic amines is 1. The van der Waals surface area contributed by atoms with Crippen molar-refractivity contribution in [3.05, 3.63) is 29.9 Å². The first-order chi connectivity index (χ1) is 12.5. The Morgan fingerprint density at radius 1 is 1.38 bits per heavy atom. The first kappa shape index (κ1) is 19.3. The summed E-state index contributed by atoms with van der Waals surface area (Å²) in [6, 6.07) is -2.35. The van der Waals surface area contributed by atoms with Gasteiger partial charge in [-0.05, 0) is 12.8 Å². The highest BCUT2D eigenvalue weighted by molar-refractivity contribution is 5.82. The summed E-state index contributed by atoms with van der Waals surface area (Å²) in [6.45, 7) is -0.446. The molecule has 2 rings (SSSR count). The maximum Gasteiger partial charge on any atom is 0.326 e. The Morgan fingerprint density at radius 2 is 2.19 bits per heavy atom. The third-order valence-corrected chi connectivity index (χ3v) is 3.52. The van der Waals surface area contributed by atoms with E-state index >= 15 is 0 Å². The number of aliphatic hydroxyl groups is 1. The minimum Gasteiger partial charge on any atom is -0.480 e. The zero-order valence-electron chi connectivity index (χ0n) is 13.9. The molecule has 2 aromatic rings. The van der Waals surface area contributed by atoms with Gasteiger partial charge in [-0.15, -0.1) is 0 Å². The molecule has 12 nitrogen and oxygen atoms in total. The lowest BCUT2D eigenvalue weighted by atomic mass is 10.1. The second kappa shape index (κ2) is 9.48. The van der Waals surface area contributed by atoms with E-state index in [0.717, 1.165) is 5.69 Å². The van der Waals surface area contributed by atoms with E-state index in [9.17, 15) is 9.59 Å². The average Bonchev–Trinajstić information content (AvgIpc) is 3.29. The number of carboxylic acids is 1. The smallest absolute Gasteiger partial charge is 0.326 e. The molecule has 7 N–H and O–H groups in total. The SMILES string of the molecule is N[C@@H](CCc1cnc[nH]1)c1noc(CNC(=O)N[C@@H](CCO)C(=O)O)n1. The molecular formula is C14H21N7O5. The molecular weight excluding hydrogens is 346 g/mol. The molecule has 0 fully saturated rings. The van der Waals surface area contributed by atoms with Crippen molar-refractivity contribution in [1.82, 2.24) is 30.7 Å². The van der Waals surface area contributed by atoms with Crippen molar-refractivity contribution in [3.63, 3.8) is 0 Å². The molecule has 26 heavy (non-hydrogen) atoms. The number of nitrogens with two attached hydrogens (primary N) is 1. The fourth-order valence-electron chi connectivity index (χ4n) is 2.10. The second-order valence-corrected chi connectivity index (χ2v) is 5.50. The Bertz CT molecular complexity index is 702. The predicted octanol–water partition coefficient (Wildman–Crippen LogP) is -0.940. The summed E-state index contributed by atoms with van der Waals surface area (Å²) < 4.78 is 5.01. The number of aliphatic carboxylic acids is 1. The zero-order valence-corrected chi connectivity index (χ0v) is 13.9. The van der Waals surface area contributed by atoms with Gasteiger partial charge in [-0.1, -0.05) is 5.16 Å². The van der Waals surface area contributed by atoms with Crippen LogP contribution in [0.5, 0.6) is 0 Å². The highest BCUT2D eigenvalue weighted by Gasteiger charge is 2.20. The van der Waals surface area contributed by atoms with Gasteiger partial charge < -0.3 is 36.1 Å². The van der Waals surface area contributed by atoms with Crippen LogP contribution in [-0.4, -0.2) is 55.0 Å². The number of carbonyl (C=O) groups excluding carboxylic acids is 1. The lowest BCUT2D eigenvalue weighted by Gasteiger charge is -2.13. The molecule has 0 saturated carbocycles. The Hall–Kier alpha value is -2.99. The molecule has 0 bridgehead atoms. The summed E-state index contributed by atoms with van der Waals surface area (Å²) in [5.74, 6) is -0.788. The van der Waals surface area contributed by atoms with E-state index in [1.54, 1.807) is 12.5 Å². The summed E-state index contributed by atoms with van der Waals surface area (Å²) in [7, 11) is 0. The van der Waals surface area contributed by atoms with Crippen LogP contribution in [0.15, 0.2) is 17.0 Å². The van der Waals surface area contributed by atoms with E-state index in [2.05, 4.69) is 30.7 Å². The van der Waals surface area contributed by atoms with Crippen LogP contribution in [0.2, 0.25) is 0 Å². The number of hydrogen-bond donors (Lipinski definition) is 6. The number of nitrogens with zero attached hydrogens (tertiary/aromatic N) is 3. The summed E-state index contributed by atoms with van der Waals surface area (Å²) in [4.78, 5) is 33.6. The lowest BCUT2D eigenvalue weighted by Crippen LogP contribution is -2.46. The number of aryl methyl sites for hydroxylation is 1. The van der Waals surface area contributed by atoms with Gasteiger partial charge in [0, 0.05) is 24.9 Å². The van der Waals surface area contributed by atoms with Gasteiger partial charge in [-0.3, -0.25) is 0 Å². The van der Waals surface area contributed by atoms with Crippen molar-refractivity contribution < 1.29 is 24.3 Å². The number of aliphatic hydroxyl groups excluding tert-OH is 1. The van der Waals surface area contributed by atoms with E-state index in [0.29, 0.717) is 18.7 Å². The van der Waals surface area contributed by atoms with Gasteiger partial charge in [0.15, 0.2) is 5.82 Å². The normalized spacial score (nSPS) is 13.2. The standard InChI is InChI=1S/C14H21N7O5/c15-9(2-1-8-5-16-7-18-8)12-20-11(26-21-12)6-17-14(25)19-10(3-4-22)13(23)24/h5,7,9-10,22H,1-4,6,15H2,(H,16,18)(H,23,24)(H2,17,19,25)/t9-,10-/m0/s1. The van der Waals surface area contributed by atoms with Crippen molar-refractivity contribution >= 4 is 12.0 Å². The van der Waals surface area contributed by atoms with Gasteiger partial charge >= 0.3 is 12.0 Å². The number of amides is 2. The van der Waals surface area contributed by atoms with E-state index in [4.69, 9.17) is 20.5 Å². The van der Waals surface area contributed by atoms with E-state index in [1.807, 2.05) is 0 Å². The maximum atomic E-state index is 11.7. The van der Waals surface area contributed by atoms with Crippen molar-refractivity contribution in [1.29, 1.82) is 0 Å². The Kier molecular flexibility index (Phi) is 7.05. The van der Waals surface area contributed by atoms with Crippen LogP contribution in [0.25, 0.3) is 0 Å². The Balaban J connectivity index is 1.78. The third-order valence-electron chi connectivity index (χ3n) is 3.52. The Labute approximate surface area is 148 Å². The van der Waals surface area contributed by atoms with Gasteiger partial charge in [0.1, 0.15) is 6.04 Å². The lowest BCUT2D eigenvalue weighted by molar-refractivity contribution is -0.139. The van der Waals surface area contributed by atoms with Crippen LogP contribution in [0, 0.1) is 0 Å². The molecule has 0 aromatic carbocycles. The molecule has 0 spiro atoms. The number of nitrogens with one attached hydrogen (secondary N) is 3. The van der Waals surface area contributed by atoms with Crippen LogP contribution < -0.4 is 16.4 Å². The molecule has 2 amide bonds. The number of imidazole rings is 1. The Morgan fingerprint density at radius 3 is 2.85 bits per heavy atom. The zero-order chi connectivity index (χ0) is 18.9. The number of rotatable bonds is 10. The molecule has 0 aliphatic heterocycles. The molecule has 0 unspecified atom stereocenters. The number of hydrogen-bond acceptors (Lipinski definition) is 8. The molecule has 12 heteroatoms. The van der Waals surface area contributed by atoms with Crippen LogP contribution in [0.1, 0.15) is 36.3 Å². The van der Waals surface area contributed by atoms with Crippen LogP contribution in [-0.2, 0) is 17.8 Å². The van der Waals surface area contributed by atoms with Crippen LogP contribution in [0.4, 0.5) is 4.79 Å². The van der Waals surface area contributed by atoms with E-state index in [1.165, 1.54) is 0 Å². The quantitative estimate of drug-likeness (QED) is 0.307. The summed E-state index contributed by atoms with van der Waals surface area (Å²) in [6.07, 6.45) is 4.44. The van der Waals surface area contributed by atoms with Crippen molar-refractivity contribution in [3.8, 4) is 0 Å². The van der Waals surface area contributed by atoms with Gasteiger partial charge in [0.2, 0.25) is 5.89 Å². The molecule has 2 atom stereocenters. The van der Waals surface area contributed by atoms with Crippen LogP contribution >= 0.6 is 0 Å². The highest BCUT2D eigenvalue weighted by Crippen LogP contribution is 2.13. The fourth-order valence-corrected chi connectivity index (χ4v) is 2.10. The number of carbonyl (C=O) groups is 2. The largest absolute Gasteiger partial charge is 0.480 e. The first-order valence-corrected chi connectivity index (χ1v) is 7.93. The van der Waals surface area contributed by atoms with E-state index in [-0.39, 0.29) is 25.5 Å². The molecule has 0 aliphatic rings. The first-order valence-electron chi connectivity index (χ1n) is 7.93. The predicted molar refractivity (Wildman–Crippen MR) is 86.6 cm³/mol. The van der Waals surface area contributed by atoms with Gasteiger partial charge in [-0.2, -0.15) is 4.98 Å². The molecule has 0 aliphatic carbocycles. The third kappa shape index (κ3) is 5.82. The number of aromatic nitrogens is 4. The summed E-state index contributed by atoms with van der Waals surface area (Å²) >= 11 is 0.